The number of nitrogens with one attached hydrogen (secondary N) is 1. The van der Waals surface area contributed by atoms with Crippen molar-refractivity contribution in [1.29, 1.82) is 0 Å². The van der Waals surface area contributed by atoms with E-state index in [2.05, 4.69) is 5.32 Å². The number of aromatic nitrogens is 2. The zero-order chi connectivity index (χ0) is 22.8. The van der Waals surface area contributed by atoms with Crippen molar-refractivity contribution in [2.75, 3.05) is 19.0 Å². The topological polar surface area (TPSA) is 91.6 Å². The number of ether oxygens (including phenoxy) is 2. The summed E-state index contributed by atoms with van der Waals surface area (Å²) in [4.78, 5) is 37.6. The van der Waals surface area contributed by atoms with Crippen LogP contribution in [0.5, 0.6) is 11.5 Å². The molecule has 1 aliphatic rings. The molecule has 0 fully saturated rings. The number of anilines is 1. The van der Waals surface area contributed by atoms with Crippen LogP contribution in [0.1, 0.15) is 29.0 Å². The van der Waals surface area contributed by atoms with Gasteiger partial charge in [0.15, 0.2) is 11.5 Å². The molecule has 8 nitrogen and oxygen atoms in total. The predicted molar refractivity (Wildman–Crippen MR) is 121 cm³/mol. The molecule has 2 heterocycles. The van der Waals surface area contributed by atoms with Crippen molar-refractivity contribution in [2.45, 2.75) is 18.8 Å². The van der Waals surface area contributed by atoms with Crippen LogP contribution in [0.25, 0.3) is 0 Å². The molecule has 3 aromatic rings. The second-order valence-electron chi connectivity index (χ2n) is 7.77. The van der Waals surface area contributed by atoms with E-state index in [0.29, 0.717) is 23.7 Å². The Morgan fingerprint density at radius 2 is 1.75 bits per heavy atom. The lowest BCUT2D eigenvalue weighted by Crippen LogP contribution is -2.44. The van der Waals surface area contributed by atoms with Crippen molar-refractivity contribution >= 4 is 11.7 Å². The highest BCUT2D eigenvalue weighted by molar-refractivity contribution is 5.94. The molecule has 8 heteroatoms. The van der Waals surface area contributed by atoms with E-state index in [4.69, 9.17) is 9.47 Å². The summed E-state index contributed by atoms with van der Waals surface area (Å²) in [6.07, 6.45) is 0.851. The van der Waals surface area contributed by atoms with Gasteiger partial charge in [-0.25, -0.2) is 4.79 Å². The summed E-state index contributed by atoms with van der Waals surface area (Å²) >= 11 is 0. The number of rotatable bonds is 6. The van der Waals surface area contributed by atoms with E-state index < -0.39 is 17.2 Å². The molecule has 1 N–H and O–H groups in total. The van der Waals surface area contributed by atoms with Gasteiger partial charge in [0.25, 0.3) is 5.56 Å². The summed E-state index contributed by atoms with van der Waals surface area (Å²) in [5.74, 6) is 0.580. The van der Waals surface area contributed by atoms with Gasteiger partial charge in [0.1, 0.15) is 5.82 Å². The highest BCUT2D eigenvalue weighted by atomic mass is 16.5. The van der Waals surface area contributed by atoms with E-state index in [0.717, 1.165) is 16.6 Å². The van der Waals surface area contributed by atoms with Gasteiger partial charge in [-0.15, -0.1) is 0 Å². The Morgan fingerprint density at radius 3 is 2.47 bits per heavy atom. The van der Waals surface area contributed by atoms with Crippen molar-refractivity contribution in [3.63, 3.8) is 0 Å². The third-order valence-corrected chi connectivity index (χ3v) is 5.78. The fourth-order valence-electron chi connectivity index (χ4n) is 4.03. The molecule has 1 aromatic heterocycles. The fraction of sp³-hybridized carbons (Fsp3) is 0.292. The van der Waals surface area contributed by atoms with Crippen LogP contribution >= 0.6 is 0 Å². The standard InChI is InChI=1S/C24H25N3O5/c1-26-22-21(23(29)27(2)24(26)30)17(14-20(28)25-22)16-9-10-18(19(13-16)31-3)32-12-11-15-7-5-4-6-8-15/h4-10,13,17H,11-12,14H2,1-3H3,(H,25,28)/t17-/m0/s1. The number of benzene rings is 2. The molecule has 1 aliphatic heterocycles. The number of hydrogen-bond donors (Lipinski definition) is 1. The third kappa shape index (κ3) is 3.91. The summed E-state index contributed by atoms with van der Waals surface area (Å²) in [6.45, 7) is 0.483. The maximum Gasteiger partial charge on any atom is 0.332 e. The molecule has 166 valence electrons. The highest BCUT2D eigenvalue weighted by Crippen LogP contribution is 2.38. The first kappa shape index (κ1) is 21.4. The van der Waals surface area contributed by atoms with E-state index in [1.54, 1.807) is 19.2 Å². The maximum atomic E-state index is 12.9. The second-order valence-corrected chi connectivity index (χ2v) is 7.77. The summed E-state index contributed by atoms with van der Waals surface area (Å²) in [5.41, 5.74) is 1.39. The lowest BCUT2D eigenvalue weighted by atomic mass is 9.86. The molecule has 0 unspecified atom stereocenters. The Bertz CT molecular complexity index is 1280. The molecule has 1 atom stereocenters. The van der Waals surface area contributed by atoms with Crippen molar-refractivity contribution in [1.82, 2.24) is 9.13 Å². The Labute approximate surface area is 185 Å². The van der Waals surface area contributed by atoms with E-state index in [9.17, 15) is 14.4 Å². The van der Waals surface area contributed by atoms with E-state index in [1.807, 2.05) is 36.4 Å². The Kier molecular flexibility index (Phi) is 5.85. The molecule has 0 saturated heterocycles. The van der Waals surface area contributed by atoms with Crippen molar-refractivity contribution in [3.8, 4) is 11.5 Å². The number of methoxy groups -OCH3 is 1. The third-order valence-electron chi connectivity index (χ3n) is 5.78. The zero-order valence-electron chi connectivity index (χ0n) is 18.3. The number of nitrogens with zero attached hydrogens (tertiary/aromatic N) is 2. The van der Waals surface area contributed by atoms with Crippen molar-refractivity contribution < 1.29 is 14.3 Å². The second kappa shape index (κ2) is 8.74. The van der Waals surface area contributed by atoms with E-state index in [-0.39, 0.29) is 18.1 Å². The first-order chi connectivity index (χ1) is 15.4. The number of amides is 1. The summed E-state index contributed by atoms with van der Waals surface area (Å²) in [5, 5.41) is 2.67. The van der Waals surface area contributed by atoms with Crippen LogP contribution in [-0.2, 0) is 25.3 Å². The molecule has 0 bridgehead atoms. The van der Waals surface area contributed by atoms with Crippen molar-refractivity contribution in [2.24, 2.45) is 14.1 Å². The SMILES string of the molecule is COc1cc([C@@H]2CC(=O)Nc3c2c(=O)n(C)c(=O)n3C)ccc1OCCc1ccccc1. The first-order valence-electron chi connectivity index (χ1n) is 10.3. The predicted octanol–water partition coefficient (Wildman–Crippen LogP) is 2.19. The molecule has 0 radical (unpaired) electrons. The molecule has 0 saturated carbocycles. The van der Waals surface area contributed by atoms with Gasteiger partial charge in [0.2, 0.25) is 5.91 Å². The summed E-state index contributed by atoms with van der Waals surface area (Å²) in [7, 11) is 4.52. The molecule has 0 spiro atoms. The zero-order valence-corrected chi connectivity index (χ0v) is 18.3. The minimum Gasteiger partial charge on any atom is -0.493 e. The highest BCUT2D eigenvalue weighted by Gasteiger charge is 2.32. The van der Waals surface area contributed by atoms with Gasteiger partial charge in [-0.2, -0.15) is 0 Å². The average molecular weight is 435 g/mol. The first-order valence-corrected chi connectivity index (χ1v) is 10.3. The maximum absolute atomic E-state index is 12.9. The van der Waals surface area contributed by atoms with Crippen LogP contribution in [0, 0.1) is 0 Å². The van der Waals surface area contributed by atoms with Gasteiger partial charge in [-0.05, 0) is 23.3 Å². The van der Waals surface area contributed by atoms with Gasteiger partial charge in [-0.3, -0.25) is 18.7 Å². The quantitative estimate of drug-likeness (QED) is 0.641. The van der Waals surface area contributed by atoms with Crippen LogP contribution in [-0.4, -0.2) is 28.8 Å². The Hall–Kier alpha value is -3.81. The largest absolute Gasteiger partial charge is 0.493 e. The molecule has 2 aromatic carbocycles. The molecule has 32 heavy (non-hydrogen) atoms. The van der Waals surface area contributed by atoms with Gasteiger partial charge >= 0.3 is 5.69 Å². The van der Waals surface area contributed by atoms with Crippen LogP contribution < -0.4 is 26.0 Å². The van der Waals surface area contributed by atoms with Gasteiger partial charge in [0, 0.05) is 32.9 Å². The van der Waals surface area contributed by atoms with Crippen LogP contribution in [0.2, 0.25) is 0 Å². The summed E-state index contributed by atoms with van der Waals surface area (Å²) < 4.78 is 13.8. The summed E-state index contributed by atoms with van der Waals surface area (Å²) in [6, 6.07) is 15.4. The minimum absolute atomic E-state index is 0.0950. The smallest absolute Gasteiger partial charge is 0.332 e. The van der Waals surface area contributed by atoms with Crippen LogP contribution in [0.15, 0.2) is 58.1 Å². The molecular formula is C24H25N3O5. The number of carbonyl (C=O) groups excluding carboxylic acids is 1. The Balaban J connectivity index is 1.66. The fourth-order valence-corrected chi connectivity index (χ4v) is 4.03. The van der Waals surface area contributed by atoms with E-state index in [1.165, 1.54) is 24.2 Å². The van der Waals surface area contributed by atoms with Gasteiger partial charge in [0.05, 0.1) is 19.3 Å². The average Bonchev–Trinajstić information content (AvgIpc) is 2.81. The number of carbonyl (C=O) groups is 1. The number of hydrogen-bond acceptors (Lipinski definition) is 5. The molecule has 0 aliphatic carbocycles. The van der Waals surface area contributed by atoms with Crippen molar-refractivity contribution in [3.05, 3.63) is 86.1 Å². The lowest BCUT2D eigenvalue weighted by Gasteiger charge is -2.27. The molecule has 1 amide bonds. The monoisotopic (exact) mass is 435 g/mol. The van der Waals surface area contributed by atoms with Gasteiger partial charge < -0.3 is 14.8 Å². The van der Waals surface area contributed by atoms with Crippen LogP contribution in [0.4, 0.5) is 5.82 Å². The van der Waals surface area contributed by atoms with Crippen LogP contribution in [0.3, 0.4) is 0 Å². The minimum atomic E-state index is -0.503. The van der Waals surface area contributed by atoms with E-state index >= 15 is 0 Å². The normalized spacial score (nSPS) is 15.1. The molecular weight excluding hydrogens is 410 g/mol. The Morgan fingerprint density at radius 1 is 1.00 bits per heavy atom. The van der Waals surface area contributed by atoms with Gasteiger partial charge in [-0.1, -0.05) is 36.4 Å². The lowest BCUT2D eigenvalue weighted by molar-refractivity contribution is -0.116. The number of fused-ring (bicyclic) bond motifs is 1. The molecule has 4 rings (SSSR count).